The number of carbonyl (C=O) groups excluding carboxylic acids is 1. The van der Waals surface area contributed by atoms with E-state index in [4.69, 9.17) is 19.3 Å². The summed E-state index contributed by atoms with van der Waals surface area (Å²) in [5.41, 5.74) is 0. The number of carbonyl (C=O) groups is 2. The fourth-order valence-electron chi connectivity index (χ4n) is 4.05. The smallest absolute Gasteiger partial charge is 0.311 e. The predicted molar refractivity (Wildman–Crippen MR) is 103 cm³/mol. The highest BCUT2D eigenvalue weighted by Gasteiger charge is 2.36. The van der Waals surface area contributed by atoms with Gasteiger partial charge in [0.1, 0.15) is 6.10 Å². The maximum atomic E-state index is 12.5. The Labute approximate surface area is 167 Å². The first-order chi connectivity index (χ1) is 13.2. The fourth-order valence-corrected chi connectivity index (χ4v) is 4.05. The molecule has 0 saturated carbocycles. The van der Waals surface area contributed by atoms with Gasteiger partial charge in [-0.05, 0) is 59.3 Å². The molecule has 7 nitrogen and oxygen atoms in total. The summed E-state index contributed by atoms with van der Waals surface area (Å²) in [6.45, 7) is 7.28. The van der Waals surface area contributed by atoms with E-state index < -0.39 is 11.9 Å². The van der Waals surface area contributed by atoms with Crippen LogP contribution in [0.2, 0.25) is 0 Å². The van der Waals surface area contributed by atoms with E-state index in [-0.39, 0.29) is 48.5 Å². The second-order valence-corrected chi connectivity index (χ2v) is 8.44. The molecule has 2 aliphatic heterocycles. The van der Waals surface area contributed by atoms with Crippen molar-refractivity contribution in [3.05, 3.63) is 0 Å². The molecule has 162 valence electrons. The molecule has 8 atom stereocenters. The van der Waals surface area contributed by atoms with Gasteiger partial charge in [0, 0.05) is 6.42 Å². The number of esters is 1. The quantitative estimate of drug-likeness (QED) is 0.544. The van der Waals surface area contributed by atoms with Gasteiger partial charge in [-0.2, -0.15) is 0 Å². The highest BCUT2D eigenvalue weighted by Crippen LogP contribution is 2.31. The van der Waals surface area contributed by atoms with E-state index >= 15 is 0 Å². The minimum absolute atomic E-state index is 0.00710. The lowest BCUT2D eigenvalue weighted by atomic mass is 10.0. The number of carboxylic acids is 1. The maximum absolute atomic E-state index is 12.5. The third-order valence-corrected chi connectivity index (χ3v) is 6.08. The van der Waals surface area contributed by atoms with E-state index in [0.717, 1.165) is 25.7 Å². The van der Waals surface area contributed by atoms with Gasteiger partial charge in [-0.3, -0.25) is 9.59 Å². The lowest BCUT2D eigenvalue weighted by Crippen LogP contribution is -2.32. The second-order valence-electron chi connectivity index (χ2n) is 8.44. The number of hydrogen-bond acceptors (Lipinski definition) is 6. The number of hydrogen-bond donors (Lipinski definition) is 2. The molecular weight excluding hydrogens is 364 g/mol. The SMILES string of the molecule is CC[C@H](O)C[C@H]1CC[C@H]([C@@H](C)C(=O)O[C@@H](C)C[C@@H]2CC[C@H]([C@@H](C)C(=O)O)O2)O1. The summed E-state index contributed by atoms with van der Waals surface area (Å²) in [6, 6.07) is 0. The summed E-state index contributed by atoms with van der Waals surface area (Å²) in [4.78, 5) is 23.6. The van der Waals surface area contributed by atoms with E-state index in [1.807, 2.05) is 20.8 Å². The zero-order valence-corrected chi connectivity index (χ0v) is 17.5. The highest BCUT2D eigenvalue weighted by molar-refractivity contribution is 5.73. The van der Waals surface area contributed by atoms with Crippen molar-refractivity contribution in [2.45, 2.75) is 109 Å². The van der Waals surface area contributed by atoms with E-state index in [9.17, 15) is 14.7 Å². The van der Waals surface area contributed by atoms with Gasteiger partial charge in [-0.25, -0.2) is 0 Å². The lowest BCUT2D eigenvalue weighted by Gasteiger charge is -2.23. The standard InChI is InChI=1S/C21H36O7/c1-5-15(22)11-17-7-9-19(28-17)14(4)21(25)26-12(2)10-16-6-8-18(27-16)13(3)20(23)24/h12-19,22H,5-11H2,1-4H3,(H,23,24)/t12-,13+,14+,15-,16-,17+,18+,19+/m0/s1. The van der Waals surface area contributed by atoms with Crippen LogP contribution < -0.4 is 0 Å². The number of rotatable bonds is 10. The Morgan fingerprint density at radius 3 is 2.04 bits per heavy atom. The summed E-state index contributed by atoms with van der Waals surface area (Å²) in [5, 5.41) is 18.9. The van der Waals surface area contributed by atoms with Crippen LogP contribution in [0, 0.1) is 11.8 Å². The summed E-state index contributed by atoms with van der Waals surface area (Å²) in [7, 11) is 0. The van der Waals surface area contributed by atoms with Gasteiger partial charge < -0.3 is 24.4 Å². The molecule has 2 saturated heterocycles. The molecule has 7 heteroatoms. The van der Waals surface area contributed by atoms with Gasteiger partial charge in [-0.15, -0.1) is 0 Å². The van der Waals surface area contributed by atoms with Crippen molar-refractivity contribution in [2.24, 2.45) is 11.8 Å². The molecule has 2 rings (SSSR count). The van der Waals surface area contributed by atoms with Gasteiger partial charge in [0.15, 0.2) is 0 Å². The fraction of sp³-hybridized carbons (Fsp3) is 0.905. The van der Waals surface area contributed by atoms with Crippen molar-refractivity contribution >= 4 is 11.9 Å². The Kier molecular flexibility index (Phi) is 8.71. The lowest BCUT2D eigenvalue weighted by molar-refractivity contribution is -0.159. The Morgan fingerprint density at radius 2 is 1.50 bits per heavy atom. The van der Waals surface area contributed by atoms with Gasteiger partial charge in [-0.1, -0.05) is 6.92 Å². The molecule has 28 heavy (non-hydrogen) atoms. The Hall–Kier alpha value is -1.18. The molecule has 0 aliphatic carbocycles. The highest BCUT2D eigenvalue weighted by atomic mass is 16.6. The van der Waals surface area contributed by atoms with Crippen LogP contribution in [0.5, 0.6) is 0 Å². The number of ether oxygens (including phenoxy) is 3. The first-order valence-electron chi connectivity index (χ1n) is 10.6. The van der Waals surface area contributed by atoms with Crippen LogP contribution in [0.25, 0.3) is 0 Å². The average Bonchev–Trinajstić information content (AvgIpc) is 3.29. The monoisotopic (exact) mass is 400 g/mol. The number of aliphatic carboxylic acids is 1. The number of aliphatic hydroxyl groups excluding tert-OH is 1. The van der Waals surface area contributed by atoms with Crippen molar-refractivity contribution in [3.8, 4) is 0 Å². The second kappa shape index (κ2) is 10.6. The predicted octanol–water partition coefficient (Wildman–Crippen LogP) is 2.92. The molecule has 0 aromatic carbocycles. The largest absolute Gasteiger partial charge is 0.481 e. The molecule has 2 heterocycles. The molecule has 0 radical (unpaired) electrons. The van der Waals surface area contributed by atoms with E-state index in [2.05, 4.69) is 0 Å². The van der Waals surface area contributed by atoms with Crippen LogP contribution in [0.4, 0.5) is 0 Å². The van der Waals surface area contributed by atoms with Gasteiger partial charge in [0.2, 0.25) is 0 Å². The van der Waals surface area contributed by atoms with Crippen LogP contribution >= 0.6 is 0 Å². The van der Waals surface area contributed by atoms with Crippen LogP contribution in [-0.4, -0.2) is 58.8 Å². The first-order valence-corrected chi connectivity index (χ1v) is 10.6. The summed E-state index contributed by atoms with van der Waals surface area (Å²) >= 11 is 0. The van der Waals surface area contributed by atoms with Crippen LogP contribution in [0.1, 0.15) is 72.6 Å². The number of carboxylic acid groups (broad SMARTS) is 1. The summed E-state index contributed by atoms with van der Waals surface area (Å²) in [6.07, 6.45) is 3.88. The van der Waals surface area contributed by atoms with E-state index in [1.165, 1.54) is 0 Å². The third kappa shape index (κ3) is 6.42. The van der Waals surface area contributed by atoms with Gasteiger partial charge >= 0.3 is 11.9 Å². The van der Waals surface area contributed by atoms with Crippen LogP contribution in [0.3, 0.4) is 0 Å². The topological polar surface area (TPSA) is 102 Å². The van der Waals surface area contributed by atoms with E-state index in [1.54, 1.807) is 6.92 Å². The molecule has 2 aliphatic rings. The van der Waals surface area contributed by atoms with Crippen LogP contribution in [-0.2, 0) is 23.8 Å². The molecular formula is C21H36O7. The third-order valence-electron chi connectivity index (χ3n) is 6.08. The van der Waals surface area contributed by atoms with Crippen LogP contribution in [0.15, 0.2) is 0 Å². The Morgan fingerprint density at radius 1 is 0.964 bits per heavy atom. The molecule has 0 unspecified atom stereocenters. The summed E-state index contributed by atoms with van der Waals surface area (Å²) in [5.74, 6) is -2.00. The zero-order valence-electron chi connectivity index (χ0n) is 17.5. The van der Waals surface area contributed by atoms with Crippen molar-refractivity contribution in [3.63, 3.8) is 0 Å². The van der Waals surface area contributed by atoms with Crippen molar-refractivity contribution in [1.82, 2.24) is 0 Å². The Bertz CT molecular complexity index is 523. The molecule has 2 fully saturated rings. The number of aliphatic hydroxyl groups is 1. The maximum Gasteiger partial charge on any atom is 0.311 e. The molecule has 2 N–H and O–H groups in total. The molecule has 0 bridgehead atoms. The minimum Gasteiger partial charge on any atom is -0.481 e. The van der Waals surface area contributed by atoms with Gasteiger partial charge in [0.05, 0.1) is 42.4 Å². The molecule has 0 aromatic rings. The minimum atomic E-state index is -0.847. The average molecular weight is 401 g/mol. The molecule has 0 amide bonds. The van der Waals surface area contributed by atoms with Gasteiger partial charge in [0.25, 0.3) is 0 Å². The summed E-state index contributed by atoms with van der Waals surface area (Å²) < 4.78 is 17.4. The first kappa shape index (κ1) is 23.1. The zero-order chi connectivity index (χ0) is 20.8. The molecule has 0 spiro atoms. The molecule has 0 aromatic heterocycles. The van der Waals surface area contributed by atoms with Crippen molar-refractivity contribution in [2.75, 3.05) is 0 Å². The van der Waals surface area contributed by atoms with Crippen molar-refractivity contribution < 1.29 is 34.0 Å². The van der Waals surface area contributed by atoms with Crippen molar-refractivity contribution in [1.29, 1.82) is 0 Å². The normalized spacial score (nSPS) is 31.9. The Balaban J connectivity index is 1.73. The van der Waals surface area contributed by atoms with E-state index in [0.29, 0.717) is 19.3 Å².